The summed E-state index contributed by atoms with van der Waals surface area (Å²) >= 11 is 0. The fourth-order valence-corrected chi connectivity index (χ4v) is 6.13. The van der Waals surface area contributed by atoms with Gasteiger partial charge in [0.25, 0.3) is 0 Å². The van der Waals surface area contributed by atoms with Crippen LogP contribution >= 0.6 is 0 Å². The van der Waals surface area contributed by atoms with Gasteiger partial charge >= 0.3 is 5.97 Å². The zero-order valence-electron chi connectivity index (χ0n) is 44.2. The third kappa shape index (κ3) is 51.8. The third-order valence-corrected chi connectivity index (χ3v) is 9.95. The predicted octanol–water partition coefficient (Wildman–Crippen LogP) is 1.56. The zero-order chi connectivity index (χ0) is 52.2. The van der Waals surface area contributed by atoms with E-state index in [0.717, 1.165) is 12.8 Å². The summed E-state index contributed by atoms with van der Waals surface area (Å²) in [5.74, 6) is -0.759. The van der Waals surface area contributed by atoms with Crippen molar-refractivity contribution in [1.82, 2.24) is 4.91 Å². The summed E-state index contributed by atoms with van der Waals surface area (Å²) in [6, 6.07) is 0. The molecule has 25 nitrogen and oxygen atoms in total. The summed E-state index contributed by atoms with van der Waals surface area (Å²) in [7, 11) is 1.57. The quantitative estimate of drug-likeness (QED) is 0.0515. The van der Waals surface area contributed by atoms with Crippen molar-refractivity contribution in [2.24, 2.45) is 15.6 Å². The van der Waals surface area contributed by atoms with E-state index >= 15 is 0 Å². The van der Waals surface area contributed by atoms with Gasteiger partial charge in [-0.2, -0.15) is 0 Å². The fourth-order valence-electron chi connectivity index (χ4n) is 6.13. The second kappa shape index (κ2) is 59.2. The first-order chi connectivity index (χ1) is 36.2. The van der Waals surface area contributed by atoms with Gasteiger partial charge in [0.05, 0.1) is 270 Å². The van der Waals surface area contributed by atoms with Gasteiger partial charge in [-0.3, -0.25) is 4.79 Å². The van der Waals surface area contributed by atoms with Crippen LogP contribution in [0, 0.1) is 5.41 Å². The van der Waals surface area contributed by atoms with Crippen LogP contribution in [-0.4, -0.2) is 289 Å². The van der Waals surface area contributed by atoms with Crippen LogP contribution in [0.3, 0.4) is 0 Å². The van der Waals surface area contributed by atoms with Gasteiger partial charge in [0.2, 0.25) is 4.91 Å². The van der Waals surface area contributed by atoms with Gasteiger partial charge in [-0.25, -0.2) is 0 Å². The molecule has 1 N–H and O–H groups in total. The molecule has 25 heteroatoms. The smallest absolute Gasteiger partial charge is 0.311 e. The van der Waals surface area contributed by atoms with Crippen molar-refractivity contribution >= 4 is 5.97 Å². The Morgan fingerprint density at radius 2 is 0.507 bits per heavy atom. The molecule has 0 atom stereocenters. The molecule has 0 amide bonds. The first kappa shape index (κ1) is 69.0. The van der Waals surface area contributed by atoms with Crippen molar-refractivity contribution in [1.29, 1.82) is 0 Å². The van der Waals surface area contributed by atoms with Gasteiger partial charge in [-0.05, 0) is 12.8 Å². The van der Waals surface area contributed by atoms with Crippen LogP contribution in [0.15, 0.2) is 10.2 Å². The van der Waals surface area contributed by atoms with Gasteiger partial charge in [0.1, 0.15) is 23.8 Å². The van der Waals surface area contributed by atoms with Crippen molar-refractivity contribution in [3.05, 3.63) is 0 Å². The van der Waals surface area contributed by atoms with E-state index in [1.54, 1.807) is 7.05 Å². The van der Waals surface area contributed by atoms with Gasteiger partial charge in [0.15, 0.2) is 0 Å². The van der Waals surface area contributed by atoms with Crippen molar-refractivity contribution in [3.63, 3.8) is 0 Å². The number of ether oxygens (including phenoxy) is 20. The highest BCUT2D eigenvalue weighted by atomic mass is 16.6. The van der Waals surface area contributed by atoms with Gasteiger partial charge in [-0.15, -0.1) is 0 Å². The molecule has 0 bridgehead atoms. The fraction of sp³-hybridized carbons (Fsp3) is 0.979. The SMILES string of the molecule is CN=[N+]=NCCOCCOCCOCCOCCOCCOCCOCCOCCOCCOCCOCCOCCOCCOCCOCCOCCOCCOCCOCCOCC1(C(=O)O)CCCC1. The average Bonchev–Trinajstić information content (AvgIpc) is 3.89. The monoisotopic (exact) mass is 1060 g/mol. The van der Waals surface area contributed by atoms with Crippen molar-refractivity contribution in [2.75, 3.05) is 278 Å². The molecule has 0 aromatic rings. The van der Waals surface area contributed by atoms with E-state index in [1.807, 2.05) is 0 Å². The number of aliphatic carboxylic acids is 1. The minimum Gasteiger partial charge on any atom is -0.481 e. The van der Waals surface area contributed by atoms with E-state index in [4.69, 9.17) is 94.7 Å². The summed E-state index contributed by atoms with van der Waals surface area (Å²) in [6.45, 7) is 19.4. The summed E-state index contributed by atoms with van der Waals surface area (Å²) in [6.07, 6.45) is 3.26. The topological polar surface area (TPSA) is 261 Å². The second-order valence-electron chi connectivity index (χ2n) is 15.6. The van der Waals surface area contributed by atoms with Gasteiger partial charge in [-0.1, -0.05) is 12.8 Å². The molecule has 1 aliphatic carbocycles. The Balaban J connectivity index is 1.60. The number of carbonyl (C=O) groups is 1. The summed E-state index contributed by atoms with van der Waals surface area (Å²) < 4.78 is 110. The summed E-state index contributed by atoms with van der Waals surface area (Å²) in [4.78, 5) is 15.0. The van der Waals surface area contributed by atoms with E-state index in [2.05, 4.69) is 15.1 Å². The van der Waals surface area contributed by atoms with E-state index in [0.29, 0.717) is 277 Å². The minimum atomic E-state index is -0.759. The summed E-state index contributed by atoms with van der Waals surface area (Å²) in [5, 5.41) is 16.8. The van der Waals surface area contributed by atoms with Crippen molar-refractivity contribution < 1.29 is 105 Å². The zero-order valence-corrected chi connectivity index (χ0v) is 44.2. The molecule has 1 fully saturated rings. The maximum absolute atomic E-state index is 11.5. The number of carboxylic acids is 1. The number of carboxylic acid groups (broad SMARTS) is 1. The highest BCUT2D eigenvalue weighted by Crippen LogP contribution is 2.38. The molecule has 0 aromatic heterocycles. The second-order valence-corrected chi connectivity index (χ2v) is 15.6. The molecule has 73 heavy (non-hydrogen) atoms. The Kier molecular flexibility index (Phi) is 56.0. The predicted molar refractivity (Wildman–Crippen MR) is 263 cm³/mol. The molecular formula is C48H94N3O22+. The Morgan fingerprint density at radius 3 is 0.685 bits per heavy atom. The van der Waals surface area contributed by atoms with Crippen molar-refractivity contribution in [2.45, 2.75) is 25.7 Å². The first-order valence-corrected chi connectivity index (χ1v) is 25.9. The standard InChI is InChI=1S/C48H93N3O22/c1-49-51-50-6-7-54-8-9-55-10-11-56-12-13-57-14-15-58-16-17-59-18-19-60-20-21-61-22-23-62-24-25-63-26-27-64-28-29-65-30-31-66-32-33-67-34-35-68-36-37-69-38-39-70-40-41-71-42-43-72-44-45-73-46-48(47(52)53)4-2-3-5-48/h2-46H2,1H3/p+1. The number of nitrogens with zero attached hydrogens (tertiary/aromatic N) is 3. The highest BCUT2D eigenvalue weighted by molar-refractivity contribution is 5.75. The molecule has 0 spiro atoms. The average molecular weight is 1070 g/mol. The molecule has 432 valence electrons. The Labute approximate surface area is 433 Å². The lowest BCUT2D eigenvalue weighted by atomic mass is 9.87. The van der Waals surface area contributed by atoms with Crippen LogP contribution in [0.1, 0.15) is 25.7 Å². The maximum atomic E-state index is 11.5. The Bertz CT molecular complexity index is 1180. The summed E-state index contributed by atoms with van der Waals surface area (Å²) in [5.41, 5.74) is -0.715. The van der Waals surface area contributed by atoms with E-state index in [1.165, 1.54) is 0 Å². The van der Waals surface area contributed by atoms with Crippen LogP contribution in [0.25, 0.3) is 0 Å². The largest absolute Gasteiger partial charge is 0.481 e. The molecule has 0 aromatic carbocycles. The lowest BCUT2D eigenvalue weighted by Gasteiger charge is -2.23. The normalized spacial score (nSPS) is 13.3. The van der Waals surface area contributed by atoms with Crippen LogP contribution in [-0.2, 0) is 99.5 Å². The Morgan fingerprint density at radius 1 is 0.329 bits per heavy atom. The van der Waals surface area contributed by atoms with Crippen LogP contribution in [0.5, 0.6) is 0 Å². The molecule has 0 aliphatic heterocycles. The molecule has 0 heterocycles. The molecule has 0 radical (unpaired) electrons. The Hall–Kier alpha value is -2.02. The van der Waals surface area contributed by atoms with Crippen molar-refractivity contribution in [3.8, 4) is 0 Å². The highest BCUT2D eigenvalue weighted by Gasteiger charge is 2.41. The number of hydrogen-bond donors (Lipinski definition) is 1. The third-order valence-electron chi connectivity index (χ3n) is 9.95. The molecule has 0 saturated heterocycles. The minimum absolute atomic E-state index is 0.248. The van der Waals surface area contributed by atoms with Crippen LogP contribution in [0.4, 0.5) is 0 Å². The molecule has 1 rings (SSSR count). The molecule has 1 aliphatic rings. The lowest BCUT2D eigenvalue weighted by molar-refractivity contribution is -0.153. The van der Waals surface area contributed by atoms with Gasteiger partial charge in [0, 0.05) is 0 Å². The maximum Gasteiger partial charge on any atom is 0.311 e. The van der Waals surface area contributed by atoms with Gasteiger partial charge < -0.3 is 99.8 Å². The van der Waals surface area contributed by atoms with E-state index in [-0.39, 0.29) is 6.61 Å². The van der Waals surface area contributed by atoms with E-state index < -0.39 is 11.4 Å². The lowest BCUT2D eigenvalue weighted by Crippen LogP contribution is -2.33. The number of rotatable bonds is 63. The number of hydrogen-bond acceptors (Lipinski definition) is 23. The van der Waals surface area contributed by atoms with E-state index in [9.17, 15) is 9.90 Å². The molecule has 0 unspecified atom stereocenters. The first-order valence-electron chi connectivity index (χ1n) is 25.9. The van der Waals surface area contributed by atoms with Crippen LogP contribution < -0.4 is 4.91 Å². The van der Waals surface area contributed by atoms with Crippen LogP contribution in [0.2, 0.25) is 0 Å². The molecular weight excluding hydrogens is 971 g/mol. The molecule has 1 saturated carbocycles.